The number of nitrogens with zero attached hydrogens (tertiary/aromatic N) is 1. The molecule has 0 radical (unpaired) electrons. The van der Waals surface area contributed by atoms with Crippen LogP contribution in [0.15, 0.2) is 11.4 Å². The molecule has 1 rings (SSSR count). The molecule has 1 aromatic rings. The molecule has 0 amide bonds. The molecule has 2 nitrogen and oxygen atoms in total. The summed E-state index contributed by atoms with van der Waals surface area (Å²) in [6.45, 7) is 7.20. The van der Waals surface area contributed by atoms with Crippen LogP contribution in [0.2, 0.25) is 0 Å². The van der Waals surface area contributed by atoms with E-state index >= 15 is 0 Å². The first kappa shape index (κ1) is 13.7. The van der Waals surface area contributed by atoms with Crippen molar-refractivity contribution in [2.24, 2.45) is 5.41 Å². The lowest BCUT2D eigenvalue weighted by Crippen LogP contribution is -2.28. The second-order valence-electron chi connectivity index (χ2n) is 5.69. The molecule has 0 spiro atoms. The van der Waals surface area contributed by atoms with Crippen molar-refractivity contribution in [2.45, 2.75) is 39.8 Å². The summed E-state index contributed by atoms with van der Waals surface area (Å²) in [7, 11) is 4.15. The third kappa shape index (κ3) is 3.89. The maximum absolute atomic E-state index is 10.1. The smallest absolute Gasteiger partial charge is 0.0629 e. The Kier molecular flexibility index (Phi) is 4.53. The van der Waals surface area contributed by atoms with Gasteiger partial charge in [0.05, 0.1) is 6.10 Å². The molecule has 0 aliphatic rings. The van der Waals surface area contributed by atoms with Gasteiger partial charge in [-0.25, -0.2) is 0 Å². The lowest BCUT2D eigenvalue weighted by molar-refractivity contribution is 0.0634. The van der Waals surface area contributed by atoms with Gasteiger partial charge in [0.25, 0.3) is 0 Å². The van der Waals surface area contributed by atoms with Crippen molar-refractivity contribution in [1.29, 1.82) is 0 Å². The minimum atomic E-state index is -0.275. The fourth-order valence-corrected chi connectivity index (χ4v) is 2.52. The Labute approximate surface area is 103 Å². The van der Waals surface area contributed by atoms with Crippen LogP contribution in [0.25, 0.3) is 0 Å². The number of hydrogen-bond donors (Lipinski definition) is 1. The summed E-state index contributed by atoms with van der Waals surface area (Å²) >= 11 is 1.78. The van der Waals surface area contributed by atoms with Crippen molar-refractivity contribution >= 4 is 11.3 Å². The highest BCUT2D eigenvalue weighted by molar-refractivity contribution is 7.10. The van der Waals surface area contributed by atoms with Crippen LogP contribution < -0.4 is 0 Å². The van der Waals surface area contributed by atoms with Crippen LogP contribution in [-0.2, 0) is 13.0 Å². The Morgan fingerprint density at radius 3 is 2.50 bits per heavy atom. The highest BCUT2D eigenvalue weighted by Crippen LogP contribution is 2.26. The fraction of sp³-hybridized carbons (Fsp3) is 0.692. The van der Waals surface area contributed by atoms with Crippen LogP contribution in [0.1, 0.15) is 31.2 Å². The third-order valence-corrected chi connectivity index (χ3v) is 3.66. The quantitative estimate of drug-likeness (QED) is 0.876. The molecule has 3 heteroatoms. The minimum Gasteiger partial charge on any atom is -0.392 e. The van der Waals surface area contributed by atoms with E-state index in [4.69, 9.17) is 0 Å². The lowest BCUT2D eigenvalue weighted by Gasteiger charge is -2.26. The number of hydrogen-bond acceptors (Lipinski definition) is 3. The Morgan fingerprint density at radius 2 is 2.00 bits per heavy atom. The van der Waals surface area contributed by atoms with E-state index in [1.54, 1.807) is 11.3 Å². The van der Waals surface area contributed by atoms with Crippen molar-refractivity contribution in [3.8, 4) is 0 Å². The zero-order valence-corrected chi connectivity index (χ0v) is 11.8. The van der Waals surface area contributed by atoms with E-state index < -0.39 is 0 Å². The SMILES string of the molecule is CN(C)Cc1sccc1CC(O)C(C)(C)C. The predicted molar refractivity (Wildman–Crippen MR) is 70.9 cm³/mol. The van der Waals surface area contributed by atoms with Crippen molar-refractivity contribution < 1.29 is 5.11 Å². The monoisotopic (exact) mass is 241 g/mol. The molecular formula is C13H23NOS. The molecule has 0 saturated heterocycles. The largest absolute Gasteiger partial charge is 0.392 e. The molecule has 1 N–H and O–H groups in total. The highest BCUT2D eigenvalue weighted by atomic mass is 32.1. The molecule has 0 aliphatic carbocycles. The van der Waals surface area contributed by atoms with Crippen molar-refractivity contribution in [3.05, 3.63) is 21.9 Å². The lowest BCUT2D eigenvalue weighted by atomic mass is 9.85. The number of rotatable bonds is 4. The van der Waals surface area contributed by atoms with E-state index in [0.717, 1.165) is 13.0 Å². The van der Waals surface area contributed by atoms with Crippen LogP contribution >= 0.6 is 11.3 Å². The average molecular weight is 241 g/mol. The number of aliphatic hydroxyl groups excluding tert-OH is 1. The molecule has 16 heavy (non-hydrogen) atoms. The van der Waals surface area contributed by atoms with Crippen LogP contribution in [-0.4, -0.2) is 30.2 Å². The van der Waals surface area contributed by atoms with E-state index in [1.807, 2.05) is 0 Å². The Bertz CT molecular complexity index is 325. The van der Waals surface area contributed by atoms with Gasteiger partial charge in [0.1, 0.15) is 0 Å². The van der Waals surface area contributed by atoms with Gasteiger partial charge in [-0.15, -0.1) is 11.3 Å². The molecule has 0 fully saturated rings. The standard InChI is InChI=1S/C13H23NOS/c1-13(2,3)12(15)8-10-6-7-16-11(10)9-14(4)5/h6-7,12,15H,8-9H2,1-5H3. The second-order valence-corrected chi connectivity index (χ2v) is 6.69. The van der Waals surface area contributed by atoms with E-state index in [9.17, 15) is 5.11 Å². The van der Waals surface area contributed by atoms with Gasteiger partial charge >= 0.3 is 0 Å². The average Bonchev–Trinajstić information content (AvgIpc) is 2.50. The molecule has 1 atom stereocenters. The number of thiophene rings is 1. The maximum Gasteiger partial charge on any atom is 0.0629 e. The van der Waals surface area contributed by atoms with Gasteiger partial charge in [-0.1, -0.05) is 20.8 Å². The Balaban J connectivity index is 2.70. The topological polar surface area (TPSA) is 23.5 Å². The van der Waals surface area contributed by atoms with Gasteiger partial charge in [-0.05, 0) is 36.5 Å². The van der Waals surface area contributed by atoms with Crippen LogP contribution in [0.3, 0.4) is 0 Å². The summed E-state index contributed by atoms with van der Waals surface area (Å²) in [5, 5.41) is 12.2. The molecule has 0 aromatic carbocycles. The van der Waals surface area contributed by atoms with Gasteiger partial charge in [0.2, 0.25) is 0 Å². The van der Waals surface area contributed by atoms with Crippen molar-refractivity contribution in [1.82, 2.24) is 4.90 Å². The first-order valence-corrected chi connectivity index (χ1v) is 6.56. The summed E-state index contributed by atoms with van der Waals surface area (Å²) in [5.74, 6) is 0. The summed E-state index contributed by atoms with van der Waals surface area (Å²) in [5.41, 5.74) is 1.25. The summed E-state index contributed by atoms with van der Waals surface area (Å²) < 4.78 is 0. The molecule has 0 saturated carbocycles. The predicted octanol–water partition coefficient (Wildman–Crippen LogP) is 2.76. The van der Waals surface area contributed by atoms with Crippen LogP contribution in [0.5, 0.6) is 0 Å². The third-order valence-electron chi connectivity index (χ3n) is 2.71. The van der Waals surface area contributed by atoms with E-state index in [2.05, 4.69) is 51.2 Å². The first-order valence-electron chi connectivity index (χ1n) is 5.68. The van der Waals surface area contributed by atoms with Gasteiger partial charge < -0.3 is 10.0 Å². The highest BCUT2D eigenvalue weighted by Gasteiger charge is 2.23. The first-order chi connectivity index (χ1) is 7.30. The van der Waals surface area contributed by atoms with Crippen molar-refractivity contribution in [3.63, 3.8) is 0 Å². The molecule has 0 bridgehead atoms. The van der Waals surface area contributed by atoms with Gasteiger partial charge in [0, 0.05) is 17.8 Å². The molecule has 92 valence electrons. The van der Waals surface area contributed by atoms with Crippen molar-refractivity contribution in [2.75, 3.05) is 14.1 Å². The zero-order valence-electron chi connectivity index (χ0n) is 10.9. The van der Waals surface area contributed by atoms with E-state index in [1.165, 1.54) is 10.4 Å². The Hall–Kier alpha value is -0.380. The molecule has 1 unspecified atom stereocenters. The van der Waals surface area contributed by atoms with Gasteiger partial charge in [0.15, 0.2) is 0 Å². The van der Waals surface area contributed by atoms with Crippen LogP contribution in [0, 0.1) is 5.41 Å². The molecule has 1 heterocycles. The molecular weight excluding hydrogens is 218 g/mol. The minimum absolute atomic E-state index is 0.0443. The summed E-state index contributed by atoms with van der Waals surface area (Å²) in [4.78, 5) is 3.53. The molecule has 1 aromatic heterocycles. The normalized spacial score (nSPS) is 14.4. The maximum atomic E-state index is 10.1. The molecule has 0 aliphatic heterocycles. The van der Waals surface area contributed by atoms with Crippen LogP contribution in [0.4, 0.5) is 0 Å². The number of aliphatic hydroxyl groups is 1. The Morgan fingerprint density at radius 1 is 1.38 bits per heavy atom. The van der Waals surface area contributed by atoms with Gasteiger partial charge in [-0.3, -0.25) is 0 Å². The second kappa shape index (κ2) is 5.30. The van der Waals surface area contributed by atoms with E-state index in [-0.39, 0.29) is 11.5 Å². The fourth-order valence-electron chi connectivity index (χ4n) is 1.49. The summed E-state index contributed by atoms with van der Waals surface area (Å²) in [6.07, 6.45) is 0.485. The van der Waals surface area contributed by atoms with Gasteiger partial charge in [-0.2, -0.15) is 0 Å². The summed E-state index contributed by atoms with van der Waals surface area (Å²) in [6, 6.07) is 2.14. The zero-order chi connectivity index (χ0) is 12.3. The van der Waals surface area contributed by atoms with E-state index in [0.29, 0.717) is 0 Å².